The average Bonchev–Trinajstić information content (AvgIpc) is 3.05. The van der Waals surface area contributed by atoms with E-state index in [4.69, 9.17) is 19.5 Å². The number of rotatable bonds is 10. The van der Waals surface area contributed by atoms with Crippen molar-refractivity contribution < 1.29 is 32.2 Å². The van der Waals surface area contributed by atoms with Gasteiger partial charge in [0, 0.05) is 38.0 Å². The van der Waals surface area contributed by atoms with Crippen molar-refractivity contribution in [3.8, 4) is 11.8 Å². The number of sulfone groups is 1. The van der Waals surface area contributed by atoms with Crippen LogP contribution in [0.5, 0.6) is 5.75 Å². The van der Waals surface area contributed by atoms with Crippen molar-refractivity contribution in [2.75, 3.05) is 52.0 Å². The SMILES string of the molecule is COC(=O)N[C@H](COc1ccc(C#N)cc1)CN1C2CCC1CN(C(=O)OCCCS(C)(=O)=O)C2. The Labute approximate surface area is 205 Å². The van der Waals surface area contributed by atoms with E-state index in [0.717, 1.165) is 19.1 Å². The fourth-order valence-corrected chi connectivity index (χ4v) is 5.09. The molecule has 11 nitrogen and oxygen atoms in total. The second-order valence-corrected chi connectivity index (χ2v) is 11.1. The van der Waals surface area contributed by atoms with Gasteiger partial charge in [-0.15, -0.1) is 0 Å². The third-order valence-electron chi connectivity index (χ3n) is 6.15. The number of nitrogens with one attached hydrogen (secondary N) is 1. The number of likely N-dealkylation sites (tertiary alicyclic amines) is 1. The molecule has 35 heavy (non-hydrogen) atoms. The highest BCUT2D eigenvalue weighted by Gasteiger charge is 2.42. The summed E-state index contributed by atoms with van der Waals surface area (Å²) in [7, 11) is -1.78. The Balaban J connectivity index is 1.54. The van der Waals surface area contributed by atoms with Gasteiger partial charge in [-0.25, -0.2) is 18.0 Å². The van der Waals surface area contributed by atoms with Crippen LogP contribution in [-0.4, -0.2) is 100 Å². The lowest BCUT2D eigenvalue weighted by Crippen LogP contribution is -2.59. The highest BCUT2D eigenvalue weighted by atomic mass is 32.2. The van der Waals surface area contributed by atoms with Gasteiger partial charge in [0.2, 0.25) is 0 Å². The fourth-order valence-electron chi connectivity index (χ4n) is 4.45. The Morgan fingerprint density at radius 2 is 1.86 bits per heavy atom. The summed E-state index contributed by atoms with van der Waals surface area (Å²) in [5.74, 6) is 0.574. The molecule has 3 rings (SSSR count). The number of amides is 2. The summed E-state index contributed by atoms with van der Waals surface area (Å²) in [5.41, 5.74) is 0.532. The van der Waals surface area contributed by atoms with Crippen molar-refractivity contribution in [1.82, 2.24) is 15.1 Å². The number of fused-ring (bicyclic) bond motifs is 2. The molecule has 0 aliphatic carbocycles. The monoisotopic (exact) mass is 508 g/mol. The minimum atomic E-state index is -3.08. The maximum Gasteiger partial charge on any atom is 0.409 e. The van der Waals surface area contributed by atoms with E-state index in [1.807, 2.05) is 0 Å². The summed E-state index contributed by atoms with van der Waals surface area (Å²) in [6.07, 6.45) is 2.29. The van der Waals surface area contributed by atoms with E-state index < -0.39 is 22.0 Å². The third-order valence-corrected chi connectivity index (χ3v) is 7.18. The number of nitrogens with zero attached hydrogens (tertiary/aromatic N) is 3. The zero-order valence-electron chi connectivity index (χ0n) is 20.0. The first kappa shape index (κ1) is 26.6. The number of benzene rings is 1. The molecule has 1 aromatic carbocycles. The third kappa shape index (κ3) is 8.00. The summed E-state index contributed by atoms with van der Waals surface area (Å²) < 4.78 is 38.3. The normalized spacial score (nSPS) is 20.5. The van der Waals surface area contributed by atoms with Gasteiger partial charge in [0.1, 0.15) is 22.2 Å². The van der Waals surface area contributed by atoms with Gasteiger partial charge in [-0.1, -0.05) is 0 Å². The predicted octanol–water partition coefficient (Wildman–Crippen LogP) is 1.38. The Morgan fingerprint density at radius 3 is 2.43 bits per heavy atom. The molecule has 2 heterocycles. The van der Waals surface area contributed by atoms with Gasteiger partial charge in [-0.2, -0.15) is 5.26 Å². The van der Waals surface area contributed by atoms with E-state index in [-0.39, 0.29) is 43.5 Å². The van der Waals surface area contributed by atoms with Crippen LogP contribution >= 0.6 is 0 Å². The first-order chi connectivity index (χ1) is 16.7. The van der Waals surface area contributed by atoms with Crippen molar-refractivity contribution >= 4 is 22.0 Å². The van der Waals surface area contributed by atoms with Crippen LogP contribution in [0.25, 0.3) is 0 Å². The van der Waals surface area contributed by atoms with Crippen LogP contribution in [0.2, 0.25) is 0 Å². The van der Waals surface area contributed by atoms with Crippen LogP contribution in [-0.2, 0) is 19.3 Å². The largest absolute Gasteiger partial charge is 0.491 e. The molecule has 0 aromatic heterocycles. The smallest absolute Gasteiger partial charge is 0.409 e. The molecule has 2 fully saturated rings. The molecule has 2 unspecified atom stereocenters. The molecule has 0 spiro atoms. The van der Waals surface area contributed by atoms with Crippen molar-refractivity contribution in [3.05, 3.63) is 29.8 Å². The van der Waals surface area contributed by atoms with Gasteiger partial charge in [0.25, 0.3) is 0 Å². The number of methoxy groups -OCH3 is 1. The summed E-state index contributed by atoms with van der Waals surface area (Å²) in [6.45, 7) is 1.81. The molecule has 2 saturated heterocycles. The molecule has 2 aliphatic rings. The number of hydrogen-bond donors (Lipinski definition) is 1. The summed E-state index contributed by atoms with van der Waals surface area (Å²) in [6, 6.07) is 8.69. The van der Waals surface area contributed by atoms with E-state index in [9.17, 15) is 18.0 Å². The topological polar surface area (TPSA) is 138 Å². The van der Waals surface area contributed by atoms with Crippen molar-refractivity contribution in [3.63, 3.8) is 0 Å². The van der Waals surface area contributed by atoms with Crippen molar-refractivity contribution in [1.29, 1.82) is 5.26 Å². The lowest BCUT2D eigenvalue weighted by molar-refractivity contribution is 0.0383. The lowest BCUT2D eigenvalue weighted by Gasteiger charge is -2.41. The van der Waals surface area contributed by atoms with Crippen LogP contribution in [0.4, 0.5) is 9.59 Å². The molecule has 2 amide bonds. The van der Waals surface area contributed by atoms with E-state index in [1.54, 1.807) is 29.2 Å². The average molecular weight is 509 g/mol. The zero-order valence-corrected chi connectivity index (χ0v) is 20.8. The first-order valence-electron chi connectivity index (χ1n) is 11.5. The van der Waals surface area contributed by atoms with Crippen LogP contribution in [0.15, 0.2) is 24.3 Å². The maximum atomic E-state index is 12.5. The number of nitriles is 1. The molecule has 0 saturated carbocycles. The molecule has 192 valence electrons. The second-order valence-electron chi connectivity index (χ2n) is 8.86. The molecular weight excluding hydrogens is 476 g/mol. The van der Waals surface area contributed by atoms with Crippen LogP contribution in [0.1, 0.15) is 24.8 Å². The Morgan fingerprint density at radius 1 is 1.20 bits per heavy atom. The molecule has 2 bridgehead atoms. The second kappa shape index (κ2) is 12.1. The van der Waals surface area contributed by atoms with Crippen LogP contribution in [0, 0.1) is 11.3 Å². The quantitative estimate of drug-likeness (QED) is 0.464. The number of ether oxygens (including phenoxy) is 3. The maximum absolute atomic E-state index is 12.5. The van der Waals surface area contributed by atoms with E-state index in [0.29, 0.717) is 30.9 Å². The van der Waals surface area contributed by atoms with Gasteiger partial charge in [-0.3, -0.25) is 4.90 Å². The number of alkyl carbamates (subject to hydrolysis) is 1. The minimum absolute atomic E-state index is 0.0154. The van der Waals surface area contributed by atoms with Crippen molar-refractivity contribution in [2.24, 2.45) is 0 Å². The van der Waals surface area contributed by atoms with Gasteiger partial charge in [0.05, 0.1) is 37.1 Å². The molecule has 1 aromatic rings. The lowest BCUT2D eigenvalue weighted by atomic mass is 10.1. The highest BCUT2D eigenvalue weighted by molar-refractivity contribution is 7.90. The molecule has 0 radical (unpaired) electrons. The molecular formula is C23H32N4O7S. The van der Waals surface area contributed by atoms with Gasteiger partial charge in [-0.05, 0) is 43.5 Å². The molecule has 2 aliphatic heterocycles. The minimum Gasteiger partial charge on any atom is -0.491 e. The van der Waals surface area contributed by atoms with E-state index >= 15 is 0 Å². The number of carbonyl (C=O) groups excluding carboxylic acids is 2. The van der Waals surface area contributed by atoms with E-state index in [2.05, 4.69) is 16.3 Å². The Kier molecular flexibility index (Phi) is 9.17. The van der Waals surface area contributed by atoms with E-state index in [1.165, 1.54) is 7.11 Å². The Hall–Kier alpha value is -3.04. The summed E-state index contributed by atoms with van der Waals surface area (Å²) in [5, 5.41) is 11.8. The van der Waals surface area contributed by atoms with Gasteiger partial charge >= 0.3 is 12.2 Å². The highest BCUT2D eigenvalue weighted by Crippen LogP contribution is 2.30. The molecule has 12 heteroatoms. The summed E-state index contributed by atoms with van der Waals surface area (Å²) >= 11 is 0. The number of hydrogen-bond acceptors (Lipinski definition) is 9. The first-order valence-corrected chi connectivity index (χ1v) is 13.6. The molecule has 3 atom stereocenters. The van der Waals surface area contributed by atoms with Crippen LogP contribution < -0.4 is 10.1 Å². The van der Waals surface area contributed by atoms with Gasteiger partial charge in [0.15, 0.2) is 0 Å². The van der Waals surface area contributed by atoms with Crippen molar-refractivity contribution in [2.45, 2.75) is 37.4 Å². The number of carbonyl (C=O) groups is 2. The number of piperazine rings is 1. The predicted molar refractivity (Wildman–Crippen MR) is 127 cm³/mol. The standard InChI is InChI=1S/C23H32N4O7S/c1-32-22(28)25-18(16-34-21-8-4-17(12-24)5-9-21)13-27-19-6-7-20(27)15-26(14-19)23(29)33-10-3-11-35(2,30)31/h4-5,8-9,18-20H,3,6-7,10-11,13-16H2,1-2H3,(H,25,28)/t18-,19?,20?/m0/s1. The van der Waals surface area contributed by atoms with Gasteiger partial charge < -0.3 is 24.4 Å². The van der Waals surface area contributed by atoms with Crippen LogP contribution in [0.3, 0.4) is 0 Å². The zero-order chi connectivity index (χ0) is 25.4. The fraction of sp³-hybridized carbons (Fsp3) is 0.609. The molecule has 1 N–H and O–H groups in total. The Bertz CT molecular complexity index is 1010. The summed E-state index contributed by atoms with van der Waals surface area (Å²) in [4.78, 5) is 28.4.